The fourth-order valence-electron chi connectivity index (χ4n) is 1.14. The molecule has 2 aromatic rings. The topological polar surface area (TPSA) is 52.0 Å². The van der Waals surface area contributed by atoms with Gasteiger partial charge in [-0.2, -0.15) is 0 Å². The highest BCUT2D eigenvalue weighted by molar-refractivity contribution is 7.09. The molecule has 0 aliphatic rings. The Hall–Kier alpha value is -1.13. The Morgan fingerprint density at radius 1 is 1.62 bits per heavy atom. The molecule has 0 amide bonds. The minimum absolute atomic E-state index is 0.236. The van der Waals surface area contributed by atoms with Gasteiger partial charge in [0.15, 0.2) is 0 Å². The lowest BCUT2D eigenvalue weighted by molar-refractivity contribution is 0.487. The van der Waals surface area contributed by atoms with Crippen molar-refractivity contribution in [1.29, 1.82) is 0 Å². The fourth-order valence-corrected chi connectivity index (χ4v) is 1.79. The summed E-state index contributed by atoms with van der Waals surface area (Å²) in [5.41, 5.74) is 6.80. The van der Waals surface area contributed by atoms with E-state index in [4.69, 9.17) is 10.2 Å². The summed E-state index contributed by atoms with van der Waals surface area (Å²) >= 11 is 1.60. The number of hydrogen-bond acceptors (Lipinski definition) is 4. The minimum Gasteiger partial charge on any atom is -0.467 e. The number of rotatable bonds is 2. The van der Waals surface area contributed by atoms with Crippen molar-refractivity contribution in [2.75, 3.05) is 0 Å². The van der Waals surface area contributed by atoms with Crippen LogP contribution in [0.4, 0.5) is 0 Å². The second-order valence-electron chi connectivity index (χ2n) is 2.78. The number of thiazole rings is 1. The molecule has 68 valence electrons. The van der Waals surface area contributed by atoms with Crippen LogP contribution in [0.15, 0.2) is 28.2 Å². The molecule has 0 fully saturated rings. The van der Waals surface area contributed by atoms with Gasteiger partial charge < -0.3 is 10.2 Å². The minimum atomic E-state index is -0.236. The zero-order valence-corrected chi connectivity index (χ0v) is 8.04. The van der Waals surface area contributed by atoms with E-state index in [0.29, 0.717) is 0 Å². The molecule has 2 aromatic heterocycles. The van der Waals surface area contributed by atoms with Crippen LogP contribution in [0.3, 0.4) is 0 Å². The van der Waals surface area contributed by atoms with Crippen molar-refractivity contribution in [3.8, 4) is 0 Å². The second kappa shape index (κ2) is 3.32. The molecule has 3 nitrogen and oxygen atoms in total. The van der Waals surface area contributed by atoms with Gasteiger partial charge >= 0.3 is 0 Å². The van der Waals surface area contributed by atoms with Crippen LogP contribution in [-0.2, 0) is 0 Å². The van der Waals surface area contributed by atoms with E-state index in [0.717, 1.165) is 16.5 Å². The molecule has 0 radical (unpaired) electrons. The number of furan rings is 1. The summed E-state index contributed by atoms with van der Waals surface area (Å²) in [6.07, 6.45) is 1.62. The molecule has 2 heterocycles. The lowest BCUT2D eigenvalue weighted by Crippen LogP contribution is -2.11. The Kier molecular flexibility index (Phi) is 2.16. The van der Waals surface area contributed by atoms with Crippen molar-refractivity contribution < 1.29 is 4.42 Å². The summed E-state index contributed by atoms with van der Waals surface area (Å²) in [7, 11) is 0. The number of nitrogens with zero attached hydrogens (tertiary/aromatic N) is 1. The zero-order valence-electron chi connectivity index (χ0n) is 7.23. The Bertz CT molecular complexity index is 380. The summed E-state index contributed by atoms with van der Waals surface area (Å²) in [6.45, 7) is 1.96. The third kappa shape index (κ3) is 1.64. The van der Waals surface area contributed by atoms with Crippen molar-refractivity contribution in [3.63, 3.8) is 0 Å². The van der Waals surface area contributed by atoms with Crippen LogP contribution in [0.1, 0.15) is 22.5 Å². The molecule has 0 saturated heterocycles. The predicted octanol–water partition coefficient (Wildman–Crippen LogP) is 2.09. The number of hydrogen-bond donors (Lipinski definition) is 1. The van der Waals surface area contributed by atoms with Gasteiger partial charge in [0.2, 0.25) is 0 Å². The molecule has 0 spiro atoms. The van der Waals surface area contributed by atoms with Gasteiger partial charge in [-0.05, 0) is 19.1 Å². The van der Waals surface area contributed by atoms with Gasteiger partial charge in [0.05, 0.1) is 17.0 Å². The molecule has 0 bridgehead atoms. The smallest absolute Gasteiger partial charge is 0.126 e. The molecule has 0 aliphatic carbocycles. The van der Waals surface area contributed by atoms with Gasteiger partial charge in [-0.25, -0.2) is 4.98 Å². The molecule has 2 rings (SSSR count). The van der Waals surface area contributed by atoms with Gasteiger partial charge in [-0.15, -0.1) is 11.3 Å². The molecule has 2 N–H and O–H groups in total. The molecule has 1 unspecified atom stereocenters. The molecule has 0 aliphatic heterocycles. The maximum atomic E-state index is 5.92. The molecule has 0 aromatic carbocycles. The average Bonchev–Trinajstić information content (AvgIpc) is 2.72. The number of nitrogens with two attached hydrogens (primary N) is 1. The number of aromatic nitrogens is 1. The van der Waals surface area contributed by atoms with Gasteiger partial charge in [0.1, 0.15) is 11.8 Å². The van der Waals surface area contributed by atoms with Crippen LogP contribution < -0.4 is 5.73 Å². The maximum Gasteiger partial charge on any atom is 0.126 e. The lowest BCUT2D eigenvalue weighted by Gasteiger charge is -2.03. The highest BCUT2D eigenvalue weighted by Gasteiger charge is 2.13. The highest BCUT2D eigenvalue weighted by atomic mass is 32.1. The van der Waals surface area contributed by atoms with Gasteiger partial charge in [0, 0.05) is 5.38 Å². The molecular weight excluding hydrogens is 184 g/mol. The van der Waals surface area contributed by atoms with Crippen molar-refractivity contribution in [2.24, 2.45) is 5.73 Å². The summed E-state index contributed by atoms with van der Waals surface area (Å²) < 4.78 is 5.20. The van der Waals surface area contributed by atoms with Crippen LogP contribution in [0.25, 0.3) is 0 Å². The molecular formula is C9H10N2OS. The predicted molar refractivity (Wildman–Crippen MR) is 51.6 cm³/mol. The van der Waals surface area contributed by atoms with Crippen LogP contribution in [0.5, 0.6) is 0 Å². The average molecular weight is 194 g/mol. The third-order valence-electron chi connectivity index (χ3n) is 1.81. The van der Waals surface area contributed by atoms with Crippen LogP contribution in [0.2, 0.25) is 0 Å². The van der Waals surface area contributed by atoms with Crippen LogP contribution in [0, 0.1) is 6.92 Å². The van der Waals surface area contributed by atoms with Crippen molar-refractivity contribution in [3.05, 3.63) is 40.2 Å². The summed E-state index contributed by atoms with van der Waals surface area (Å²) in [4.78, 5) is 4.30. The van der Waals surface area contributed by atoms with E-state index in [-0.39, 0.29) is 6.04 Å². The molecule has 0 saturated carbocycles. The summed E-state index contributed by atoms with van der Waals surface area (Å²) in [5, 5.41) is 2.99. The lowest BCUT2D eigenvalue weighted by atomic mass is 10.2. The highest BCUT2D eigenvalue weighted by Crippen LogP contribution is 2.21. The van der Waals surface area contributed by atoms with Crippen LogP contribution >= 0.6 is 11.3 Å². The Labute approximate surface area is 80.2 Å². The van der Waals surface area contributed by atoms with E-state index in [1.54, 1.807) is 17.6 Å². The SMILES string of the molecule is Cc1nc(C(N)c2ccco2)cs1. The monoisotopic (exact) mass is 194 g/mol. The summed E-state index contributed by atoms with van der Waals surface area (Å²) in [5.74, 6) is 0.755. The first-order valence-corrected chi connectivity index (χ1v) is 4.86. The summed E-state index contributed by atoms with van der Waals surface area (Å²) in [6, 6.07) is 3.45. The Morgan fingerprint density at radius 2 is 2.46 bits per heavy atom. The molecule has 1 atom stereocenters. The third-order valence-corrected chi connectivity index (χ3v) is 2.60. The maximum absolute atomic E-state index is 5.92. The quantitative estimate of drug-likeness (QED) is 0.796. The van der Waals surface area contributed by atoms with Gasteiger partial charge in [0.25, 0.3) is 0 Å². The Balaban J connectivity index is 2.28. The molecule has 13 heavy (non-hydrogen) atoms. The van der Waals surface area contributed by atoms with Crippen LogP contribution in [-0.4, -0.2) is 4.98 Å². The van der Waals surface area contributed by atoms with Crippen molar-refractivity contribution in [2.45, 2.75) is 13.0 Å². The molecule has 4 heteroatoms. The number of aryl methyl sites for hydroxylation is 1. The second-order valence-corrected chi connectivity index (χ2v) is 3.85. The zero-order chi connectivity index (χ0) is 9.26. The fraction of sp³-hybridized carbons (Fsp3) is 0.222. The van der Waals surface area contributed by atoms with Crippen molar-refractivity contribution >= 4 is 11.3 Å². The van der Waals surface area contributed by atoms with E-state index < -0.39 is 0 Å². The van der Waals surface area contributed by atoms with E-state index in [9.17, 15) is 0 Å². The standard InChI is InChI=1S/C9H10N2OS/c1-6-11-7(5-13-6)9(10)8-3-2-4-12-8/h2-5,9H,10H2,1H3. The normalized spacial score (nSPS) is 13.1. The largest absolute Gasteiger partial charge is 0.467 e. The van der Waals surface area contributed by atoms with Gasteiger partial charge in [-0.1, -0.05) is 0 Å². The first kappa shape index (κ1) is 8.47. The van der Waals surface area contributed by atoms with Gasteiger partial charge in [-0.3, -0.25) is 0 Å². The van der Waals surface area contributed by atoms with E-state index in [2.05, 4.69) is 4.98 Å². The van der Waals surface area contributed by atoms with E-state index in [1.165, 1.54) is 0 Å². The first-order valence-electron chi connectivity index (χ1n) is 3.98. The Morgan fingerprint density at radius 3 is 3.00 bits per heavy atom. The van der Waals surface area contributed by atoms with Crippen molar-refractivity contribution in [1.82, 2.24) is 4.98 Å². The first-order chi connectivity index (χ1) is 6.27. The van der Waals surface area contributed by atoms with E-state index >= 15 is 0 Å². The van der Waals surface area contributed by atoms with E-state index in [1.807, 2.05) is 24.4 Å².